The lowest BCUT2D eigenvalue weighted by Gasteiger charge is -2.56. The molecule has 0 radical (unpaired) electrons. The Hall–Kier alpha value is -3.40. The summed E-state index contributed by atoms with van der Waals surface area (Å²) >= 11 is 13.9. The number of ether oxygens (including phenoxy) is 8. The van der Waals surface area contributed by atoms with Gasteiger partial charge in [-0.3, -0.25) is 44.9 Å². The minimum Gasteiger partial charge on any atom is -0.379 e. The number of nitrogens with one attached hydrogen (secondary N) is 5. The summed E-state index contributed by atoms with van der Waals surface area (Å²) in [6.45, 7) is 15.3. The number of nitrogens with zero attached hydrogens (tertiary/aromatic N) is 7. The van der Waals surface area contributed by atoms with E-state index in [-0.39, 0.29) is 102 Å². The van der Waals surface area contributed by atoms with Crippen LogP contribution in [-0.2, 0) is 57.1 Å². The first-order valence-corrected chi connectivity index (χ1v) is 40.0. The number of likely N-dealkylation sites (tertiary alicyclic amines) is 3. The highest BCUT2D eigenvalue weighted by molar-refractivity contribution is 6.21. The number of piperazine rings is 1. The quantitative estimate of drug-likeness (QED) is 0.0219. The summed E-state index contributed by atoms with van der Waals surface area (Å²) in [6.07, 6.45) is 24.7. The molecule has 15 unspecified atom stereocenters. The van der Waals surface area contributed by atoms with E-state index in [1.54, 1.807) is 11.0 Å². The molecule has 5 N–H and O–H groups in total. The van der Waals surface area contributed by atoms with E-state index in [1.165, 1.54) is 38.5 Å². The fourth-order valence-corrected chi connectivity index (χ4v) is 19.3. The van der Waals surface area contributed by atoms with Crippen LogP contribution < -0.4 is 26.6 Å². The smallest absolute Gasteiger partial charge is 0.315 e. The molecule has 17 atom stereocenters. The van der Waals surface area contributed by atoms with Gasteiger partial charge in [-0.2, -0.15) is 5.26 Å². The van der Waals surface area contributed by atoms with Crippen molar-refractivity contribution in [3.05, 3.63) is 12.2 Å². The molecule has 6 amide bonds. The number of fused-ring (bicyclic) bond motifs is 3. The Morgan fingerprint density at radius 2 is 1.40 bits per heavy atom. The number of piperidine rings is 2. The molecule has 10 fully saturated rings. The number of amides is 6. The molecule has 101 heavy (non-hydrogen) atoms. The van der Waals surface area contributed by atoms with Crippen LogP contribution in [0.15, 0.2) is 12.2 Å². The van der Waals surface area contributed by atoms with Crippen LogP contribution >= 0.6 is 23.2 Å². The second kappa shape index (κ2) is 42.8. The van der Waals surface area contributed by atoms with Gasteiger partial charge in [-0.25, -0.2) is 4.79 Å². The average Bonchev–Trinajstić information content (AvgIpc) is 1.30. The van der Waals surface area contributed by atoms with Gasteiger partial charge < -0.3 is 68.1 Å². The van der Waals surface area contributed by atoms with Crippen molar-refractivity contribution in [2.75, 3.05) is 179 Å². The number of rotatable bonds is 40. The van der Waals surface area contributed by atoms with Crippen LogP contribution in [0.2, 0.25) is 0 Å². The molecule has 27 heteroatoms. The zero-order valence-corrected chi connectivity index (χ0v) is 62.4. The Kier molecular flexibility index (Phi) is 34.0. The normalized spacial score (nSPS) is 33.0. The maximum atomic E-state index is 13.8. The number of hydrogen-bond donors (Lipinski definition) is 5. The lowest BCUT2D eigenvalue weighted by molar-refractivity contribution is -0.144. The summed E-state index contributed by atoms with van der Waals surface area (Å²) in [5, 5.41) is 26.9. The average molecular weight is 1460 g/mol. The number of hydrogen-bond acceptors (Lipinski definition) is 20. The molecule has 0 bridgehead atoms. The summed E-state index contributed by atoms with van der Waals surface area (Å²) in [4.78, 5) is 77.6. The van der Waals surface area contributed by atoms with Crippen molar-refractivity contribution >= 4 is 52.9 Å². The second-order valence-corrected chi connectivity index (χ2v) is 31.9. The Morgan fingerprint density at radius 3 is 2.10 bits per heavy atom. The first-order valence-electron chi connectivity index (χ1n) is 39.1. The number of imide groups is 1. The predicted molar refractivity (Wildman–Crippen MR) is 385 cm³/mol. The topological polar surface area (TPSA) is 263 Å². The second-order valence-electron chi connectivity index (χ2n) is 30.7. The molecule has 4 saturated carbocycles. The van der Waals surface area contributed by atoms with Crippen molar-refractivity contribution in [1.82, 2.24) is 56.0 Å². The number of nitriles is 1. The number of unbranched alkanes of at least 4 members (excludes halogenated alkanes) is 2. The van der Waals surface area contributed by atoms with Crippen LogP contribution in [0, 0.1) is 52.8 Å². The SMILES string of the molecule is CN(C/C=C/C(=O)N1CCN(C2NC(OC[C@@H]3CCCN3C)NC3CN(C4CCCC5CCCC(Cl)C54)CCC32)C[C@@H]1CC#N)CCOCCOCCOCCOCCOCCOCCOCCCCCC1CC(Cl)CC(NC(=O)NCC2CCC3C(=O)N(C4CCC(=O)NC4=O)CC3C2)C1. The third-order valence-electron chi connectivity index (χ3n) is 23.7. The zero-order chi connectivity index (χ0) is 70.7. The van der Waals surface area contributed by atoms with E-state index in [2.05, 4.69) is 59.3 Å². The van der Waals surface area contributed by atoms with Gasteiger partial charge in [0.05, 0.1) is 117 Å². The van der Waals surface area contributed by atoms with E-state index in [9.17, 15) is 29.2 Å². The molecule has 0 aromatic rings. The van der Waals surface area contributed by atoms with Gasteiger partial charge in [0.15, 0.2) is 6.35 Å². The lowest BCUT2D eigenvalue weighted by atomic mass is 9.67. The molecule has 10 rings (SSSR count). The minimum atomic E-state index is -0.563. The van der Waals surface area contributed by atoms with Crippen LogP contribution in [0.5, 0.6) is 0 Å². The van der Waals surface area contributed by atoms with Gasteiger partial charge in [-0.15, -0.1) is 23.2 Å². The van der Waals surface area contributed by atoms with Crippen molar-refractivity contribution in [3.63, 3.8) is 0 Å². The largest absolute Gasteiger partial charge is 0.379 e. The van der Waals surface area contributed by atoms with Gasteiger partial charge in [-0.1, -0.05) is 51.0 Å². The molecule has 0 spiro atoms. The lowest BCUT2D eigenvalue weighted by Crippen LogP contribution is -2.74. The van der Waals surface area contributed by atoms with Gasteiger partial charge in [0.25, 0.3) is 0 Å². The molecule has 0 aromatic carbocycles. The molecular weight excluding hydrogens is 1340 g/mol. The molecule has 10 aliphatic rings. The summed E-state index contributed by atoms with van der Waals surface area (Å²) in [5.74, 6) is 1.86. The highest BCUT2D eigenvalue weighted by Crippen LogP contribution is 2.46. The van der Waals surface area contributed by atoms with Crippen LogP contribution in [0.3, 0.4) is 0 Å². The van der Waals surface area contributed by atoms with Crippen molar-refractivity contribution in [2.45, 2.75) is 201 Å². The molecule has 6 saturated heterocycles. The fourth-order valence-electron chi connectivity index (χ4n) is 18.4. The highest BCUT2D eigenvalue weighted by Gasteiger charge is 2.51. The van der Waals surface area contributed by atoms with E-state index >= 15 is 0 Å². The highest BCUT2D eigenvalue weighted by atomic mass is 35.5. The molecule has 6 aliphatic heterocycles. The Balaban J connectivity index is 0.480. The summed E-state index contributed by atoms with van der Waals surface area (Å²) in [6, 6.07) is 2.75. The molecule has 572 valence electrons. The molecular formula is C74H124Cl2N12O13. The fraction of sp³-hybridized carbons (Fsp3) is 0.892. The van der Waals surface area contributed by atoms with Crippen LogP contribution in [0.1, 0.15) is 141 Å². The van der Waals surface area contributed by atoms with Gasteiger partial charge in [0.2, 0.25) is 23.6 Å². The Labute approximate surface area is 612 Å². The maximum absolute atomic E-state index is 13.8. The summed E-state index contributed by atoms with van der Waals surface area (Å²) in [7, 11) is 4.22. The van der Waals surface area contributed by atoms with Gasteiger partial charge >= 0.3 is 6.03 Å². The zero-order valence-electron chi connectivity index (χ0n) is 60.9. The third-order valence-corrected chi connectivity index (χ3v) is 24.6. The van der Waals surface area contributed by atoms with Crippen molar-refractivity contribution in [3.8, 4) is 6.07 Å². The van der Waals surface area contributed by atoms with Crippen molar-refractivity contribution < 1.29 is 61.9 Å². The Morgan fingerprint density at radius 1 is 0.683 bits per heavy atom. The first kappa shape index (κ1) is 80.1. The minimum absolute atomic E-state index is 0.0292. The summed E-state index contributed by atoms with van der Waals surface area (Å²) < 4.78 is 46.6. The molecule has 6 heterocycles. The van der Waals surface area contributed by atoms with Gasteiger partial charge in [0.1, 0.15) is 6.04 Å². The number of carbonyl (C=O) groups excluding carboxylic acids is 5. The number of alkyl halides is 2. The van der Waals surface area contributed by atoms with Gasteiger partial charge in [0, 0.05) is 118 Å². The summed E-state index contributed by atoms with van der Waals surface area (Å²) in [5.41, 5.74) is 0. The predicted octanol–water partition coefficient (Wildman–Crippen LogP) is 5.51. The van der Waals surface area contributed by atoms with E-state index in [0.29, 0.717) is 175 Å². The van der Waals surface area contributed by atoms with Crippen LogP contribution in [-0.4, -0.2) is 297 Å². The Bertz CT molecular complexity index is 2600. The molecule has 4 aliphatic carbocycles. The van der Waals surface area contributed by atoms with E-state index < -0.39 is 6.04 Å². The van der Waals surface area contributed by atoms with Crippen molar-refractivity contribution in [1.29, 1.82) is 5.26 Å². The number of halogens is 2. The van der Waals surface area contributed by atoms with Crippen molar-refractivity contribution in [2.24, 2.45) is 41.4 Å². The molecule has 0 aromatic heterocycles. The molecule has 25 nitrogen and oxygen atoms in total. The van der Waals surface area contributed by atoms with E-state index in [0.717, 1.165) is 116 Å². The maximum Gasteiger partial charge on any atom is 0.315 e. The van der Waals surface area contributed by atoms with Crippen LogP contribution in [0.25, 0.3) is 0 Å². The van der Waals surface area contributed by atoms with E-state index in [1.807, 2.05) is 18.0 Å². The van der Waals surface area contributed by atoms with Gasteiger partial charge in [-0.05, 0) is 140 Å². The number of urea groups is 1. The van der Waals surface area contributed by atoms with E-state index in [4.69, 9.17) is 61.1 Å². The van der Waals surface area contributed by atoms with Crippen LogP contribution in [0.4, 0.5) is 4.79 Å². The third kappa shape index (κ3) is 24.8. The standard InChI is InChI=1S/C74H124Cl2N12O13/c1-83(24-9-16-68(90)87-28-27-86(50-59(87)21-23-77)70-62-22-26-85(65-15-7-12-55-11-6-14-63(76)69(55)65)51-64(62)80-74(82-70)101-52-60-13-8-25-84(60)2)29-31-95-33-35-97-37-39-99-41-43-100-42-40-98-38-36-96-34-32-94-30-5-3-4-10-53-45-57(75)47-58(46-53)79-73(93)78-48-54-17-18-61-56(44-54)49-88(72(61)92)66-19-20-67(89)81-71(66)91/h9,16,53-66,69-70,74,80,82H,3-8,10-15,17-22,24-52H2,1-2H3,(H2,78,79,93)(H,81,89,91)/b16-9+/t53?,54?,55?,56?,57?,58?,59-,60-,61?,62?,63?,64?,65?,66?,69?,70?,74?/m0/s1. The number of likely N-dealkylation sites (N-methyl/N-ethyl adjacent to an activating group) is 2. The first-order chi connectivity index (χ1) is 49.3. The number of carbonyl (C=O) groups is 5. The monoisotopic (exact) mass is 1460 g/mol.